The fraction of sp³-hybridized carbons (Fsp3) is 0.974. The number of rotatable bonds is 64. The maximum atomic E-state index is 14.7. The molecular formula is C78H168N2O3Si6. The zero-order chi connectivity index (χ0) is 66.9. The molecule has 0 bridgehead atoms. The topological polar surface area (TPSA) is 67.4 Å². The third-order valence-corrected chi connectivity index (χ3v) is 60.5. The van der Waals surface area contributed by atoms with Crippen molar-refractivity contribution in [2.75, 3.05) is 13.1 Å². The summed E-state index contributed by atoms with van der Waals surface area (Å²) < 4.78 is 6.11. The van der Waals surface area contributed by atoms with Crippen molar-refractivity contribution in [1.82, 2.24) is 10.6 Å². The SMILES string of the molecule is CCC[Si](CCC)(CCC)CCCC(CCC[Si](CCC)(CCC)CCC)(CCC[Si](CCC)(CCC)CCC)CNC(=O)OC(=O)NCC(CCC[Si](CCC)(CCC)CCC)(CCC[Si](CCC)(CCC)CCC)CCC[Si](CCC)(CCC)CCC. The van der Waals surface area contributed by atoms with Gasteiger partial charge in [0, 0.05) is 13.1 Å². The molecule has 0 heterocycles. The Morgan fingerprint density at radius 2 is 0.348 bits per heavy atom. The highest BCUT2D eigenvalue weighted by atomic mass is 28.3. The highest BCUT2D eigenvalue weighted by molar-refractivity contribution is 6.82. The summed E-state index contributed by atoms with van der Waals surface area (Å²) >= 11 is 0. The molecule has 5 nitrogen and oxygen atoms in total. The molecule has 0 saturated carbocycles. The van der Waals surface area contributed by atoms with Gasteiger partial charge in [0.1, 0.15) is 0 Å². The van der Waals surface area contributed by atoms with Crippen LogP contribution in [-0.4, -0.2) is 73.7 Å². The van der Waals surface area contributed by atoms with Gasteiger partial charge in [-0.3, -0.25) is 0 Å². The van der Waals surface area contributed by atoms with Crippen LogP contribution in [0.4, 0.5) is 9.59 Å². The predicted octanol–water partition coefficient (Wildman–Crippen LogP) is 29.1. The average molecular weight is 1350 g/mol. The Bertz CT molecular complexity index is 1300. The fourth-order valence-corrected chi connectivity index (χ4v) is 54.7. The maximum absolute atomic E-state index is 14.7. The molecule has 0 spiro atoms. The maximum Gasteiger partial charge on any atom is 0.416 e. The minimum Gasteiger partial charge on any atom is -0.359 e. The molecule has 2 amide bonds. The molecule has 0 aliphatic heterocycles. The van der Waals surface area contributed by atoms with E-state index in [9.17, 15) is 9.59 Å². The molecule has 0 aliphatic rings. The van der Waals surface area contributed by atoms with E-state index < -0.39 is 60.6 Å². The zero-order valence-electron chi connectivity index (χ0n) is 64.8. The second-order valence-corrected chi connectivity index (χ2v) is 62.0. The number of carbonyl (C=O) groups excluding carboxylic acids is 2. The van der Waals surface area contributed by atoms with Crippen LogP contribution in [0.5, 0.6) is 0 Å². The third kappa shape index (κ3) is 35.2. The van der Waals surface area contributed by atoms with Crippen molar-refractivity contribution in [1.29, 1.82) is 0 Å². The van der Waals surface area contributed by atoms with Crippen molar-refractivity contribution in [3.63, 3.8) is 0 Å². The molecule has 0 aromatic rings. The van der Waals surface area contributed by atoms with Crippen LogP contribution in [0.3, 0.4) is 0 Å². The molecule has 0 saturated heterocycles. The van der Waals surface area contributed by atoms with E-state index >= 15 is 0 Å². The van der Waals surface area contributed by atoms with Crippen LogP contribution in [-0.2, 0) is 4.74 Å². The molecule has 0 radical (unpaired) electrons. The summed E-state index contributed by atoms with van der Waals surface area (Å²) in [5, 5.41) is 7.01. The molecule has 0 aromatic heterocycles. The van der Waals surface area contributed by atoms with Gasteiger partial charge < -0.3 is 15.4 Å². The van der Waals surface area contributed by atoms with Crippen molar-refractivity contribution in [3.8, 4) is 0 Å². The minimum absolute atomic E-state index is 0.0224. The first-order chi connectivity index (χ1) is 42.8. The van der Waals surface area contributed by atoms with E-state index in [-0.39, 0.29) is 10.8 Å². The first-order valence-electron chi connectivity index (χ1n) is 41.1. The monoisotopic (exact) mass is 1350 g/mol. The van der Waals surface area contributed by atoms with Crippen LogP contribution < -0.4 is 10.6 Å². The predicted molar refractivity (Wildman–Crippen MR) is 423 cm³/mol. The lowest BCUT2D eigenvalue weighted by Gasteiger charge is -2.40. The molecule has 0 rings (SSSR count). The summed E-state index contributed by atoms with van der Waals surface area (Å²) in [5.74, 6) is 0. The number of amides is 2. The molecule has 532 valence electrons. The van der Waals surface area contributed by atoms with Crippen LogP contribution in [0, 0.1) is 10.8 Å². The largest absolute Gasteiger partial charge is 0.416 e. The van der Waals surface area contributed by atoms with Gasteiger partial charge in [0.25, 0.3) is 0 Å². The molecule has 89 heavy (non-hydrogen) atoms. The van der Waals surface area contributed by atoms with E-state index in [2.05, 4.69) is 135 Å². The van der Waals surface area contributed by atoms with Crippen molar-refractivity contribution in [2.45, 2.75) is 462 Å². The summed E-state index contributed by atoms with van der Waals surface area (Å²) in [5.41, 5.74) is 0.0448. The second kappa shape index (κ2) is 52.2. The molecule has 0 fully saturated rings. The van der Waals surface area contributed by atoms with Gasteiger partial charge in [0.05, 0.1) is 48.4 Å². The summed E-state index contributed by atoms with van der Waals surface area (Å²) in [7, 11) is -8.45. The lowest BCUT2D eigenvalue weighted by Crippen LogP contribution is -2.44. The first-order valence-corrected chi connectivity index (χ1v) is 58.0. The lowest BCUT2D eigenvalue weighted by molar-refractivity contribution is 0.132. The molecule has 2 N–H and O–H groups in total. The van der Waals surface area contributed by atoms with Crippen LogP contribution in [0.1, 0.15) is 317 Å². The Balaban J connectivity index is 7.87. The molecule has 0 aliphatic carbocycles. The van der Waals surface area contributed by atoms with Gasteiger partial charge in [-0.05, 0) is 49.4 Å². The lowest BCUT2D eigenvalue weighted by atomic mass is 9.75. The summed E-state index contributed by atoms with van der Waals surface area (Å²) in [6.45, 7) is 45.4. The fourth-order valence-electron chi connectivity index (χ4n) is 21.0. The first kappa shape index (κ1) is 89.0. The third-order valence-electron chi connectivity index (χ3n) is 23.9. The Morgan fingerprint density at radius 1 is 0.225 bits per heavy atom. The minimum atomic E-state index is -1.41. The summed E-state index contributed by atoms with van der Waals surface area (Å²) in [4.78, 5) is 29.5. The van der Waals surface area contributed by atoms with Crippen LogP contribution in [0.2, 0.25) is 145 Å². The molecule has 11 heteroatoms. The van der Waals surface area contributed by atoms with Crippen molar-refractivity contribution < 1.29 is 14.3 Å². The van der Waals surface area contributed by atoms with Crippen molar-refractivity contribution in [3.05, 3.63) is 0 Å². The second-order valence-electron chi connectivity index (χ2n) is 32.0. The van der Waals surface area contributed by atoms with Gasteiger partial charge in [-0.1, -0.05) is 424 Å². The van der Waals surface area contributed by atoms with Gasteiger partial charge in [0.2, 0.25) is 0 Å². The number of hydrogen-bond donors (Lipinski definition) is 2. The van der Waals surface area contributed by atoms with E-state index in [1.165, 1.54) is 338 Å². The number of ether oxygens (including phenoxy) is 1. The van der Waals surface area contributed by atoms with Crippen LogP contribution in [0.15, 0.2) is 0 Å². The highest BCUT2D eigenvalue weighted by Gasteiger charge is 2.41. The smallest absolute Gasteiger partial charge is 0.359 e. The molecular weight excluding hydrogens is 1180 g/mol. The summed E-state index contributed by atoms with van der Waals surface area (Å²) in [6, 6.07) is 35.1. The number of hydrogen-bond acceptors (Lipinski definition) is 3. The van der Waals surface area contributed by atoms with E-state index in [0.29, 0.717) is 13.1 Å². The molecule has 0 unspecified atom stereocenters. The number of nitrogens with one attached hydrogen (secondary N) is 2. The Kier molecular flexibility index (Phi) is 52.2. The number of alkyl carbamates (subject to hydrolysis) is 2. The zero-order valence-corrected chi connectivity index (χ0v) is 70.8. The van der Waals surface area contributed by atoms with Crippen LogP contribution in [0.25, 0.3) is 0 Å². The average Bonchev–Trinajstić information content (AvgIpc) is 3.47. The summed E-state index contributed by atoms with van der Waals surface area (Å²) in [6.07, 6.45) is 37.8. The van der Waals surface area contributed by atoms with Gasteiger partial charge in [-0.2, -0.15) is 0 Å². The van der Waals surface area contributed by atoms with E-state index in [0.717, 1.165) is 0 Å². The van der Waals surface area contributed by atoms with Gasteiger partial charge in [-0.15, -0.1) is 0 Å². The van der Waals surface area contributed by atoms with E-state index in [4.69, 9.17) is 4.74 Å². The van der Waals surface area contributed by atoms with E-state index in [1.807, 2.05) is 0 Å². The van der Waals surface area contributed by atoms with Crippen molar-refractivity contribution >= 4 is 60.6 Å². The normalized spacial score (nSPS) is 13.2. The van der Waals surface area contributed by atoms with Gasteiger partial charge in [0.15, 0.2) is 0 Å². The number of carbonyl (C=O) groups is 2. The van der Waals surface area contributed by atoms with E-state index in [1.54, 1.807) is 0 Å². The highest BCUT2D eigenvalue weighted by Crippen LogP contribution is 2.46. The van der Waals surface area contributed by atoms with Gasteiger partial charge in [-0.25, -0.2) is 9.59 Å². The Labute approximate surface area is 568 Å². The molecule has 0 aromatic carbocycles. The van der Waals surface area contributed by atoms with Gasteiger partial charge >= 0.3 is 12.2 Å². The standard InChI is InChI=1S/C78H168N2O3Si6/c1-19-49-84(50-20-2,51-21-3)67-37-43-77(44-38-68-85(52-22-4,53-23-5)54-24-6,45-39-69-86(55-25-7,56-26-8)57-27-9)73-79-75(81)83-76(82)80-74-78(46-40-70-87(58-28-10,59-29-11)60-30-12,47-41-71-88(61-31-13,62-32-14)63-33-15)48-42-72-89(64-34-16,65-35-17)66-36-18/h19-74H2,1-18H3,(H,79,81)(H,80,82). The molecule has 0 atom stereocenters. The van der Waals surface area contributed by atoms with Crippen LogP contribution >= 0.6 is 0 Å². The Morgan fingerprint density at radius 3 is 0.461 bits per heavy atom. The Hall–Kier alpha value is 0.0413. The van der Waals surface area contributed by atoms with Crippen molar-refractivity contribution in [2.24, 2.45) is 10.8 Å². The quantitative estimate of drug-likeness (QED) is 0.0471.